The van der Waals surface area contributed by atoms with E-state index >= 15 is 0 Å². The van der Waals surface area contributed by atoms with E-state index in [-0.39, 0.29) is 0 Å². The quantitative estimate of drug-likeness (QED) is 0.293. The van der Waals surface area contributed by atoms with E-state index in [0.29, 0.717) is 12.1 Å². The van der Waals surface area contributed by atoms with Crippen LogP contribution in [0.2, 0.25) is 19.6 Å². The lowest BCUT2D eigenvalue weighted by Crippen LogP contribution is -2.16. The van der Waals surface area contributed by atoms with Crippen molar-refractivity contribution >= 4 is 8.07 Å². The molecular formula is C11H19NSi. The van der Waals surface area contributed by atoms with E-state index in [4.69, 9.17) is 0 Å². The van der Waals surface area contributed by atoms with Crippen LogP contribution in [-0.2, 0) is 0 Å². The summed E-state index contributed by atoms with van der Waals surface area (Å²) in [6.07, 6.45) is 2.25. The summed E-state index contributed by atoms with van der Waals surface area (Å²) in [7, 11) is -1.17. The SMILES string of the molecule is CC(C)=C[C@H]1N[C@@H]1C#C[Si](C)(C)C. The molecule has 0 radical (unpaired) electrons. The monoisotopic (exact) mass is 193 g/mol. The van der Waals surface area contributed by atoms with Gasteiger partial charge in [-0.15, -0.1) is 5.54 Å². The van der Waals surface area contributed by atoms with E-state index in [0.717, 1.165) is 0 Å². The van der Waals surface area contributed by atoms with Crippen molar-refractivity contribution in [3.8, 4) is 11.5 Å². The molecule has 1 N–H and O–H groups in total. The fourth-order valence-corrected chi connectivity index (χ4v) is 1.67. The molecule has 1 saturated heterocycles. The second-order valence-corrected chi connectivity index (χ2v) is 9.68. The van der Waals surface area contributed by atoms with Gasteiger partial charge in [0, 0.05) is 0 Å². The zero-order valence-corrected chi connectivity index (χ0v) is 10.2. The minimum absolute atomic E-state index is 0.432. The largest absolute Gasteiger partial charge is 0.293 e. The van der Waals surface area contributed by atoms with Gasteiger partial charge in [-0.25, -0.2) is 0 Å². The second kappa shape index (κ2) is 3.69. The molecule has 1 fully saturated rings. The number of hydrogen-bond donors (Lipinski definition) is 1. The van der Waals surface area contributed by atoms with Crippen LogP contribution in [0, 0.1) is 11.5 Å². The maximum absolute atomic E-state index is 3.38. The van der Waals surface area contributed by atoms with Crippen LogP contribution in [0.4, 0.5) is 0 Å². The Hall–Kier alpha value is -0.523. The first-order valence-electron chi connectivity index (χ1n) is 4.82. The molecule has 2 atom stereocenters. The van der Waals surface area contributed by atoms with Crippen molar-refractivity contribution in [1.29, 1.82) is 0 Å². The molecule has 1 rings (SSSR count). The van der Waals surface area contributed by atoms with Crippen molar-refractivity contribution < 1.29 is 0 Å². The van der Waals surface area contributed by atoms with Gasteiger partial charge in [-0.05, 0) is 13.8 Å². The minimum Gasteiger partial charge on any atom is -0.293 e. The van der Waals surface area contributed by atoms with E-state index in [2.05, 4.69) is 56.3 Å². The zero-order valence-electron chi connectivity index (χ0n) is 9.23. The highest BCUT2D eigenvalue weighted by molar-refractivity contribution is 6.83. The summed E-state index contributed by atoms with van der Waals surface area (Å²) in [4.78, 5) is 0. The molecule has 0 aromatic heterocycles. The van der Waals surface area contributed by atoms with Crippen molar-refractivity contribution in [3.05, 3.63) is 11.6 Å². The summed E-state index contributed by atoms with van der Waals surface area (Å²) in [5, 5.41) is 3.34. The topological polar surface area (TPSA) is 21.9 Å². The maximum Gasteiger partial charge on any atom is 0.129 e. The lowest BCUT2D eigenvalue weighted by molar-refractivity contribution is 1.17. The van der Waals surface area contributed by atoms with Crippen LogP contribution >= 0.6 is 0 Å². The Labute approximate surface area is 82.6 Å². The van der Waals surface area contributed by atoms with Gasteiger partial charge in [0.1, 0.15) is 8.07 Å². The Morgan fingerprint density at radius 2 is 1.92 bits per heavy atom. The van der Waals surface area contributed by atoms with Gasteiger partial charge in [0.25, 0.3) is 0 Å². The molecule has 1 aliphatic heterocycles. The Morgan fingerprint density at radius 3 is 2.38 bits per heavy atom. The first kappa shape index (κ1) is 10.6. The molecule has 0 bridgehead atoms. The number of allylic oxidation sites excluding steroid dienone is 1. The van der Waals surface area contributed by atoms with Crippen LogP contribution in [0.15, 0.2) is 11.6 Å². The normalized spacial score (nSPS) is 25.9. The van der Waals surface area contributed by atoms with Crippen molar-refractivity contribution in [2.75, 3.05) is 0 Å². The van der Waals surface area contributed by atoms with Crippen LogP contribution in [0.25, 0.3) is 0 Å². The third-order valence-corrected chi connectivity index (χ3v) is 2.63. The lowest BCUT2D eigenvalue weighted by Gasteiger charge is -2.02. The highest BCUT2D eigenvalue weighted by atomic mass is 28.3. The summed E-state index contributed by atoms with van der Waals surface area (Å²) in [5.41, 5.74) is 4.75. The Kier molecular flexibility index (Phi) is 3.00. The smallest absolute Gasteiger partial charge is 0.129 e. The van der Waals surface area contributed by atoms with Crippen LogP contribution in [-0.4, -0.2) is 20.2 Å². The summed E-state index contributed by atoms with van der Waals surface area (Å²) in [6.45, 7) is 11.1. The van der Waals surface area contributed by atoms with Gasteiger partial charge in [-0.2, -0.15) is 0 Å². The van der Waals surface area contributed by atoms with Crippen molar-refractivity contribution in [2.24, 2.45) is 0 Å². The molecule has 0 aliphatic carbocycles. The fourth-order valence-electron chi connectivity index (χ4n) is 1.08. The zero-order chi connectivity index (χ0) is 10.1. The molecule has 1 aliphatic rings. The molecule has 0 aromatic carbocycles. The van der Waals surface area contributed by atoms with Gasteiger partial charge in [0.2, 0.25) is 0 Å². The van der Waals surface area contributed by atoms with Crippen molar-refractivity contribution in [2.45, 2.75) is 45.6 Å². The lowest BCUT2D eigenvalue weighted by atomic mass is 10.2. The van der Waals surface area contributed by atoms with E-state index in [1.54, 1.807) is 0 Å². The first-order chi connectivity index (χ1) is 5.88. The van der Waals surface area contributed by atoms with E-state index in [1.165, 1.54) is 5.57 Å². The maximum atomic E-state index is 3.38. The highest BCUT2D eigenvalue weighted by Crippen LogP contribution is 2.13. The van der Waals surface area contributed by atoms with Crippen molar-refractivity contribution in [1.82, 2.24) is 5.32 Å². The van der Waals surface area contributed by atoms with Crippen LogP contribution in [0.5, 0.6) is 0 Å². The molecule has 0 unspecified atom stereocenters. The molecule has 0 aromatic rings. The summed E-state index contributed by atoms with van der Waals surface area (Å²) >= 11 is 0. The van der Waals surface area contributed by atoms with Crippen LogP contribution in [0.3, 0.4) is 0 Å². The highest BCUT2D eigenvalue weighted by Gasteiger charge is 2.32. The number of hydrogen-bond acceptors (Lipinski definition) is 1. The third kappa shape index (κ3) is 4.30. The molecular weight excluding hydrogens is 174 g/mol. The van der Waals surface area contributed by atoms with Crippen LogP contribution in [0.1, 0.15) is 13.8 Å². The predicted molar refractivity (Wildman–Crippen MR) is 61.3 cm³/mol. The predicted octanol–water partition coefficient (Wildman–Crippen LogP) is 2.17. The molecule has 0 saturated carbocycles. The fraction of sp³-hybridized carbons (Fsp3) is 0.636. The summed E-state index contributed by atoms with van der Waals surface area (Å²) in [5.74, 6) is 3.31. The Balaban J connectivity index is 2.44. The molecule has 0 spiro atoms. The molecule has 2 heteroatoms. The first-order valence-corrected chi connectivity index (χ1v) is 8.32. The van der Waals surface area contributed by atoms with Gasteiger partial charge in [0.05, 0.1) is 12.1 Å². The van der Waals surface area contributed by atoms with E-state index < -0.39 is 8.07 Å². The summed E-state index contributed by atoms with van der Waals surface area (Å²) in [6, 6.07) is 0.954. The van der Waals surface area contributed by atoms with Gasteiger partial charge in [0.15, 0.2) is 0 Å². The average Bonchev–Trinajstić information content (AvgIpc) is 2.60. The second-order valence-electron chi connectivity index (χ2n) is 4.93. The molecule has 0 amide bonds. The van der Waals surface area contributed by atoms with Gasteiger partial charge in [-0.1, -0.05) is 37.2 Å². The van der Waals surface area contributed by atoms with Crippen LogP contribution < -0.4 is 5.32 Å². The molecule has 13 heavy (non-hydrogen) atoms. The molecule has 72 valence electrons. The Morgan fingerprint density at radius 1 is 1.31 bits per heavy atom. The number of nitrogens with one attached hydrogen (secondary N) is 1. The molecule has 1 nitrogen and oxygen atoms in total. The number of rotatable bonds is 1. The molecule has 1 heterocycles. The summed E-state index contributed by atoms with van der Waals surface area (Å²) < 4.78 is 0. The van der Waals surface area contributed by atoms with Crippen molar-refractivity contribution in [3.63, 3.8) is 0 Å². The van der Waals surface area contributed by atoms with Gasteiger partial charge >= 0.3 is 0 Å². The standard InChI is InChI=1S/C11H19NSi/c1-9(2)8-11-10(12-11)6-7-13(3,4)5/h8,10-12H,1-5H3/t10-,11-/m1/s1. The average molecular weight is 193 g/mol. The third-order valence-electron chi connectivity index (χ3n) is 1.74. The minimum atomic E-state index is -1.17. The van der Waals surface area contributed by atoms with Gasteiger partial charge in [-0.3, -0.25) is 5.32 Å². The van der Waals surface area contributed by atoms with E-state index in [1.807, 2.05) is 0 Å². The Bertz CT molecular complexity index is 271. The van der Waals surface area contributed by atoms with E-state index in [9.17, 15) is 0 Å². The van der Waals surface area contributed by atoms with Gasteiger partial charge < -0.3 is 0 Å².